The van der Waals surface area contributed by atoms with E-state index in [0.717, 1.165) is 10.6 Å². The summed E-state index contributed by atoms with van der Waals surface area (Å²) < 4.78 is 30.9. The van der Waals surface area contributed by atoms with Gasteiger partial charge in [-0.2, -0.15) is 0 Å². The summed E-state index contributed by atoms with van der Waals surface area (Å²) in [5.74, 6) is -1.69. The molecule has 11 nitrogen and oxygen atoms in total. The Morgan fingerprint density at radius 1 is 1.10 bits per heavy atom. The molecule has 0 aromatic heterocycles. The van der Waals surface area contributed by atoms with Gasteiger partial charge < -0.3 is 10.1 Å². The van der Waals surface area contributed by atoms with Crippen molar-refractivity contribution in [2.75, 3.05) is 34.4 Å². The second-order valence-corrected chi connectivity index (χ2v) is 12.4. The summed E-state index contributed by atoms with van der Waals surface area (Å²) in [6.07, 6.45) is 1.08. The van der Waals surface area contributed by atoms with Crippen LogP contribution < -0.4 is 24.6 Å². The van der Waals surface area contributed by atoms with E-state index in [9.17, 15) is 27.6 Å². The first-order valence-electron chi connectivity index (χ1n) is 12.3. The highest BCUT2D eigenvalue weighted by atomic mass is 32.2. The molecule has 12 heteroatoms. The number of sulfonamides is 1. The van der Waals surface area contributed by atoms with Crippen molar-refractivity contribution in [2.45, 2.75) is 46.5 Å². The molecule has 39 heavy (non-hydrogen) atoms. The van der Waals surface area contributed by atoms with Crippen LogP contribution in [0.15, 0.2) is 36.4 Å². The number of hydrogen-bond donors (Lipinski definition) is 2. The zero-order chi connectivity index (χ0) is 29.3. The number of amides is 5. The van der Waals surface area contributed by atoms with E-state index in [1.165, 1.54) is 42.3 Å². The van der Waals surface area contributed by atoms with Crippen LogP contribution in [0.5, 0.6) is 5.75 Å². The predicted octanol–water partition coefficient (Wildman–Crippen LogP) is 3.64. The maximum atomic E-state index is 13.5. The first-order chi connectivity index (χ1) is 18.0. The first-order valence-corrected chi connectivity index (χ1v) is 14.2. The van der Waals surface area contributed by atoms with Crippen molar-refractivity contribution < 1.29 is 32.3 Å². The Morgan fingerprint density at radius 2 is 1.72 bits per heavy atom. The van der Waals surface area contributed by atoms with Crippen molar-refractivity contribution in [3.63, 3.8) is 0 Å². The monoisotopic (exact) mass is 558 g/mol. The van der Waals surface area contributed by atoms with E-state index in [1.807, 2.05) is 20.8 Å². The Hall–Kier alpha value is -3.93. The molecule has 1 fully saturated rings. The van der Waals surface area contributed by atoms with Crippen LogP contribution in [0, 0.1) is 5.92 Å². The van der Waals surface area contributed by atoms with Gasteiger partial charge in [-0.1, -0.05) is 34.6 Å². The van der Waals surface area contributed by atoms with Gasteiger partial charge in [0.1, 0.15) is 5.75 Å². The summed E-state index contributed by atoms with van der Waals surface area (Å²) in [5.41, 5.74) is 1.32. The molecule has 0 spiro atoms. The fourth-order valence-electron chi connectivity index (χ4n) is 4.12. The minimum atomic E-state index is -3.87. The maximum absolute atomic E-state index is 13.5. The summed E-state index contributed by atoms with van der Waals surface area (Å²) in [6, 6.07) is 8.56. The number of ether oxygens (including phenoxy) is 1. The highest BCUT2D eigenvalue weighted by Crippen LogP contribution is 2.38. The number of nitrogens with one attached hydrogen (secondary N) is 2. The largest absolute Gasteiger partial charge is 0.496 e. The second kappa shape index (κ2) is 11.0. The molecule has 0 bridgehead atoms. The summed E-state index contributed by atoms with van der Waals surface area (Å²) in [4.78, 5) is 51.6. The Morgan fingerprint density at radius 3 is 2.21 bits per heavy atom. The Labute approximate surface area is 228 Å². The van der Waals surface area contributed by atoms with Crippen molar-refractivity contribution in [3.8, 4) is 5.75 Å². The number of carbonyl (C=O) groups is 4. The Kier molecular flexibility index (Phi) is 8.39. The third-order valence-electron chi connectivity index (χ3n) is 6.08. The average molecular weight is 559 g/mol. The van der Waals surface area contributed by atoms with E-state index in [-0.39, 0.29) is 30.1 Å². The molecule has 0 saturated carbocycles. The quantitative estimate of drug-likeness (QED) is 0.528. The lowest BCUT2D eigenvalue weighted by molar-refractivity contribution is -0.121. The molecule has 2 N–H and O–H groups in total. The summed E-state index contributed by atoms with van der Waals surface area (Å²) >= 11 is 0. The summed E-state index contributed by atoms with van der Waals surface area (Å²) in [5, 5.41) is 5.06. The normalized spacial score (nSPS) is 14.2. The third-order valence-corrected chi connectivity index (χ3v) is 7.14. The van der Waals surface area contributed by atoms with E-state index in [0.29, 0.717) is 22.7 Å². The van der Waals surface area contributed by atoms with Gasteiger partial charge in [0.2, 0.25) is 21.8 Å². The minimum Gasteiger partial charge on any atom is -0.496 e. The highest BCUT2D eigenvalue weighted by molar-refractivity contribution is 7.92. The number of nitrogens with zero attached hydrogens (tertiary/aromatic N) is 2. The molecular weight excluding hydrogens is 524 g/mol. The number of methoxy groups -OCH3 is 1. The number of urea groups is 1. The van der Waals surface area contributed by atoms with E-state index in [2.05, 4.69) is 10.6 Å². The summed E-state index contributed by atoms with van der Waals surface area (Å²) in [7, 11) is -2.42. The van der Waals surface area contributed by atoms with E-state index >= 15 is 0 Å². The second-order valence-electron chi connectivity index (χ2n) is 10.6. The van der Waals surface area contributed by atoms with Crippen LogP contribution in [0.2, 0.25) is 0 Å². The van der Waals surface area contributed by atoms with Crippen LogP contribution in [0.25, 0.3) is 0 Å². The molecule has 5 amide bonds. The number of rotatable bonds is 7. The van der Waals surface area contributed by atoms with Gasteiger partial charge in [0, 0.05) is 35.8 Å². The number of benzene rings is 2. The van der Waals surface area contributed by atoms with Gasteiger partial charge in [-0.3, -0.25) is 24.6 Å². The molecule has 2 aromatic carbocycles. The standard InChI is InChI=1S/C27H34N4O7S/c1-16(2)25(34)31(39(7,36)37)18-10-8-17(9-11-18)28-24(33)20-14-19(30-13-12-22(32)29-26(30)35)15-21(23(20)38-6)27(3,4)5/h8-11,14-16H,12-13H2,1-7H3,(H,28,33)(H,29,32,35). The van der Waals surface area contributed by atoms with Gasteiger partial charge in [0.05, 0.1) is 24.6 Å². The first kappa shape index (κ1) is 29.6. The number of anilines is 3. The van der Waals surface area contributed by atoms with Crippen molar-refractivity contribution >= 4 is 50.8 Å². The third kappa shape index (κ3) is 6.56. The van der Waals surface area contributed by atoms with E-state index in [1.54, 1.807) is 19.9 Å². The number of carbonyl (C=O) groups excluding carboxylic acids is 4. The van der Waals surface area contributed by atoms with Crippen molar-refractivity contribution in [2.24, 2.45) is 5.92 Å². The van der Waals surface area contributed by atoms with Crippen LogP contribution >= 0.6 is 0 Å². The van der Waals surface area contributed by atoms with Gasteiger partial charge in [-0.05, 0) is 41.8 Å². The zero-order valence-electron chi connectivity index (χ0n) is 23.1. The molecule has 1 aliphatic rings. The van der Waals surface area contributed by atoms with Crippen LogP contribution in [0.4, 0.5) is 21.9 Å². The van der Waals surface area contributed by atoms with Crippen LogP contribution in [0.1, 0.15) is 57.0 Å². The summed E-state index contributed by atoms with van der Waals surface area (Å²) in [6.45, 7) is 9.21. The van der Waals surface area contributed by atoms with Crippen molar-refractivity contribution in [3.05, 3.63) is 47.5 Å². The SMILES string of the molecule is COc1c(C(=O)Nc2ccc(N(C(=O)C(C)C)S(C)(=O)=O)cc2)cc(N2CCC(=O)NC2=O)cc1C(C)(C)C. The Balaban J connectivity index is 2.00. The van der Waals surface area contributed by atoms with Gasteiger partial charge in [-0.15, -0.1) is 0 Å². The highest BCUT2D eigenvalue weighted by Gasteiger charge is 2.31. The lowest BCUT2D eigenvalue weighted by Crippen LogP contribution is -2.49. The molecule has 0 atom stereocenters. The molecule has 1 aliphatic heterocycles. The van der Waals surface area contributed by atoms with Gasteiger partial charge >= 0.3 is 6.03 Å². The van der Waals surface area contributed by atoms with Gasteiger partial charge in [0.25, 0.3) is 5.91 Å². The topological polar surface area (TPSA) is 142 Å². The minimum absolute atomic E-state index is 0.125. The van der Waals surface area contributed by atoms with Crippen LogP contribution in [-0.2, 0) is 25.0 Å². The molecule has 3 rings (SSSR count). The van der Waals surface area contributed by atoms with E-state index in [4.69, 9.17) is 4.74 Å². The smallest absolute Gasteiger partial charge is 0.328 e. The molecule has 2 aromatic rings. The molecule has 1 heterocycles. The van der Waals surface area contributed by atoms with Crippen molar-refractivity contribution in [1.82, 2.24) is 5.32 Å². The molecular formula is C27H34N4O7S. The van der Waals surface area contributed by atoms with Crippen LogP contribution in [0.3, 0.4) is 0 Å². The van der Waals surface area contributed by atoms with Crippen molar-refractivity contribution in [1.29, 1.82) is 0 Å². The lowest BCUT2D eigenvalue weighted by atomic mass is 9.84. The number of hydrogen-bond acceptors (Lipinski definition) is 7. The fourth-order valence-corrected chi connectivity index (χ4v) is 5.16. The maximum Gasteiger partial charge on any atom is 0.328 e. The van der Waals surface area contributed by atoms with Gasteiger partial charge in [-0.25, -0.2) is 17.5 Å². The molecule has 0 radical (unpaired) electrons. The molecule has 0 unspecified atom stereocenters. The fraction of sp³-hybridized carbons (Fsp3) is 0.407. The molecule has 210 valence electrons. The predicted molar refractivity (Wildman–Crippen MR) is 149 cm³/mol. The molecule has 1 saturated heterocycles. The molecule has 0 aliphatic carbocycles. The number of imide groups is 1. The van der Waals surface area contributed by atoms with Crippen LogP contribution in [-0.4, -0.2) is 52.1 Å². The van der Waals surface area contributed by atoms with Gasteiger partial charge in [0.15, 0.2) is 0 Å². The average Bonchev–Trinajstić information content (AvgIpc) is 2.83. The Bertz CT molecular complexity index is 1410. The zero-order valence-corrected chi connectivity index (χ0v) is 23.9. The van der Waals surface area contributed by atoms with E-state index < -0.39 is 39.2 Å². The lowest BCUT2D eigenvalue weighted by Gasteiger charge is -2.30.